The van der Waals surface area contributed by atoms with Gasteiger partial charge in [-0.1, -0.05) is 0 Å². The second-order valence-corrected chi connectivity index (χ2v) is 3.85. The molecule has 0 aromatic carbocycles. The first-order valence-corrected chi connectivity index (χ1v) is 5.36. The number of carboxylic acids is 1. The quantitative estimate of drug-likeness (QED) is 0.698. The maximum Gasteiger partial charge on any atom is 0.356 e. The molecule has 18 heavy (non-hydrogen) atoms. The van der Waals surface area contributed by atoms with Gasteiger partial charge in [-0.15, -0.1) is 0 Å². The first-order chi connectivity index (χ1) is 8.58. The highest BCUT2D eigenvalue weighted by Gasteiger charge is 2.28. The van der Waals surface area contributed by atoms with Gasteiger partial charge in [0.05, 0.1) is 5.69 Å². The van der Waals surface area contributed by atoms with Gasteiger partial charge in [-0.05, 0) is 18.6 Å². The van der Waals surface area contributed by atoms with Crippen LogP contribution in [0.5, 0.6) is 0 Å². The summed E-state index contributed by atoms with van der Waals surface area (Å²) in [5.74, 6) is -1.84. The van der Waals surface area contributed by atoms with E-state index in [1.165, 1.54) is 18.3 Å². The summed E-state index contributed by atoms with van der Waals surface area (Å²) in [6, 6.07) is 2.36. The number of aromatic nitrogens is 1. The minimum absolute atomic E-state index is 0.121. The van der Waals surface area contributed by atoms with Crippen molar-refractivity contribution in [2.24, 2.45) is 0 Å². The largest absolute Gasteiger partial charge is 0.476 e. The van der Waals surface area contributed by atoms with E-state index in [-0.39, 0.29) is 17.3 Å². The van der Waals surface area contributed by atoms with E-state index in [2.05, 4.69) is 15.6 Å². The Balaban J connectivity index is 2.12. The van der Waals surface area contributed by atoms with Crippen LogP contribution in [-0.2, 0) is 9.59 Å². The molecule has 1 unspecified atom stereocenters. The van der Waals surface area contributed by atoms with Crippen LogP contribution in [0, 0.1) is 0 Å². The lowest BCUT2D eigenvalue weighted by Crippen LogP contribution is -2.37. The summed E-state index contributed by atoms with van der Waals surface area (Å²) >= 11 is 0. The minimum atomic E-state index is -1.22. The lowest BCUT2D eigenvalue weighted by Gasteiger charge is -2.11. The fraction of sp³-hybridized carbons (Fsp3) is 0.273. The number of hydrogen-bond donors (Lipinski definition) is 3. The SMILES string of the molecule is O=C1CCC(C(=O)Nc2cccnc2C(=O)O)N1. The summed E-state index contributed by atoms with van der Waals surface area (Å²) in [4.78, 5) is 37.3. The maximum absolute atomic E-state index is 11.8. The van der Waals surface area contributed by atoms with Crippen LogP contribution in [0.2, 0.25) is 0 Å². The average Bonchev–Trinajstić information content (AvgIpc) is 2.76. The average molecular weight is 249 g/mol. The summed E-state index contributed by atoms with van der Waals surface area (Å²) in [5, 5.41) is 13.9. The molecule has 3 N–H and O–H groups in total. The van der Waals surface area contributed by atoms with Crippen LogP contribution >= 0.6 is 0 Å². The summed E-state index contributed by atoms with van der Waals surface area (Å²) in [6.45, 7) is 0. The Morgan fingerprint density at radius 1 is 1.50 bits per heavy atom. The molecule has 1 aromatic heterocycles. The highest BCUT2D eigenvalue weighted by molar-refractivity contribution is 6.02. The lowest BCUT2D eigenvalue weighted by atomic mass is 10.2. The van der Waals surface area contributed by atoms with Gasteiger partial charge in [0.2, 0.25) is 11.8 Å². The Kier molecular flexibility index (Phi) is 3.22. The van der Waals surface area contributed by atoms with Crippen LogP contribution in [0.4, 0.5) is 5.69 Å². The number of hydrogen-bond acceptors (Lipinski definition) is 4. The number of nitrogens with zero attached hydrogens (tertiary/aromatic N) is 1. The zero-order chi connectivity index (χ0) is 13.1. The molecule has 1 aliphatic heterocycles. The Labute approximate surface area is 102 Å². The first-order valence-electron chi connectivity index (χ1n) is 5.36. The van der Waals surface area contributed by atoms with Gasteiger partial charge >= 0.3 is 5.97 Å². The molecule has 1 aromatic rings. The predicted octanol–water partition coefficient (Wildman–Crippen LogP) is -0.00310. The molecule has 94 valence electrons. The van der Waals surface area contributed by atoms with Crippen molar-refractivity contribution < 1.29 is 19.5 Å². The Morgan fingerprint density at radius 3 is 2.89 bits per heavy atom. The smallest absolute Gasteiger partial charge is 0.356 e. The van der Waals surface area contributed by atoms with E-state index in [1.807, 2.05) is 0 Å². The van der Waals surface area contributed by atoms with Gasteiger partial charge in [0.15, 0.2) is 5.69 Å². The normalized spacial score (nSPS) is 18.2. The number of amides is 2. The molecule has 2 heterocycles. The van der Waals surface area contributed by atoms with E-state index >= 15 is 0 Å². The topological polar surface area (TPSA) is 108 Å². The van der Waals surface area contributed by atoms with E-state index in [4.69, 9.17) is 5.11 Å². The van der Waals surface area contributed by atoms with E-state index in [0.717, 1.165) is 0 Å². The van der Waals surface area contributed by atoms with Gasteiger partial charge < -0.3 is 15.7 Å². The van der Waals surface area contributed by atoms with Crippen molar-refractivity contribution in [2.75, 3.05) is 5.32 Å². The fourth-order valence-corrected chi connectivity index (χ4v) is 1.71. The van der Waals surface area contributed by atoms with Gasteiger partial charge in [0, 0.05) is 12.6 Å². The second-order valence-electron chi connectivity index (χ2n) is 3.85. The molecule has 0 radical (unpaired) electrons. The van der Waals surface area contributed by atoms with Crippen molar-refractivity contribution in [3.8, 4) is 0 Å². The van der Waals surface area contributed by atoms with Crippen LogP contribution in [-0.4, -0.2) is 33.9 Å². The lowest BCUT2D eigenvalue weighted by molar-refractivity contribution is -0.122. The van der Waals surface area contributed by atoms with E-state index in [1.54, 1.807) is 0 Å². The molecule has 0 aliphatic carbocycles. The number of nitrogens with one attached hydrogen (secondary N) is 2. The summed E-state index contributed by atoms with van der Waals surface area (Å²) in [5.41, 5.74) is -0.105. The Morgan fingerprint density at radius 2 is 2.28 bits per heavy atom. The molecule has 1 saturated heterocycles. The molecule has 7 nitrogen and oxygen atoms in total. The number of aromatic carboxylic acids is 1. The molecule has 2 amide bonds. The summed E-state index contributed by atoms with van der Waals surface area (Å²) in [7, 11) is 0. The van der Waals surface area contributed by atoms with Crippen molar-refractivity contribution in [3.05, 3.63) is 24.0 Å². The minimum Gasteiger partial charge on any atom is -0.476 e. The van der Waals surface area contributed by atoms with Crippen LogP contribution in [0.25, 0.3) is 0 Å². The molecular weight excluding hydrogens is 238 g/mol. The monoisotopic (exact) mass is 249 g/mol. The van der Waals surface area contributed by atoms with Gasteiger partial charge in [0.1, 0.15) is 6.04 Å². The highest BCUT2D eigenvalue weighted by atomic mass is 16.4. The summed E-state index contributed by atoms with van der Waals surface area (Å²) in [6.07, 6.45) is 2.04. The molecule has 1 fully saturated rings. The molecule has 7 heteroatoms. The fourth-order valence-electron chi connectivity index (χ4n) is 1.71. The van der Waals surface area contributed by atoms with Crippen molar-refractivity contribution >= 4 is 23.5 Å². The molecule has 0 bridgehead atoms. The van der Waals surface area contributed by atoms with E-state index < -0.39 is 17.9 Å². The summed E-state index contributed by atoms with van der Waals surface area (Å²) < 4.78 is 0. The van der Waals surface area contributed by atoms with E-state index in [0.29, 0.717) is 12.8 Å². The zero-order valence-electron chi connectivity index (χ0n) is 9.34. The molecular formula is C11H11N3O4. The van der Waals surface area contributed by atoms with Crippen molar-refractivity contribution in [3.63, 3.8) is 0 Å². The third kappa shape index (κ3) is 2.45. The highest BCUT2D eigenvalue weighted by Crippen LogP contribution is 2.14. The molecule has 2 rings (SSSR count). The van der Waals surface area contributed by atoms with Gasteiger partial charge in [-0.2, -0.15) is 0 Å². The third-order valence-corrected chi connectivity index (χ3v) is 2.58. The Hall–Kier alpha value is -2.44. The maximum atomic E-state index is 11.8. The third-order valence-electron chi connectivity index (χ3n) is 2.58. The molecule has 0 spiro atoms. The number of rotatable bonds is 3. The number of pyridine rings is 1. The molecule has 0 saturated carbocycles. The van der Waals surface area contributed by atoms with Gasteiger partial charge in [0.25, 0.3) is 0 Å². The van der Waals surface area contributed by atoms with E-state index in [9.17, 15) is 14.4 Å². The van der Waals surface area contributed by atoms with Crippen LogP contribution in [0.3, 0.4) is 0 Å². The molecule has 1 atom stereocenters. The van der Waals surface area contributed by atoms with Crippen LogP contribution < -0.4 is 10.6 Å². The number of anilines is 1. The van der Waals surface area contributed by atoms with Gasteiger partial charge in [-0.3, -0.25) is 9.59 Å². The number of carbonyl (C=O) groups excluding carboxylic acids is 2. The number of carboxylic acid groups (broad SMARTS) is 1. The predicted molar refractivity (Wildman–Crippen MR) is 61.0 cm³/mol. The standard InChI is InChI=1S/C11H11N3O4/c15-8-4-3-7(13-8)10(16)14-6-2-1-5-12-9(6)11(17)18/h1-2,5,7H,3-4H2,(H,13,15)(H,14,16)(H,17,18). The van der Waals surface area contributed by atoms with Crippen molar-refractivity contribution in [1.82, 2.24) is 10.3 Å². The van der Waals surface area contributed by atoms with Crippen LogP contribution in [0.15, 0.2) is 18.3 Å². The van der Waals surface area contributed by atoms with Crippen molar-refractivity contribution in [2.45, 2.75) is 18.9 Å². The molecule has 1 aliphatic rings. The second kappa shape index (κ2) is 4.82. The Bertz CT molecular complexity index is 515. The zero-order valence-corrected chi connectivity index (χ0v) is 9.34. The van der Waals surface area contributed by atoms with Crippen molar-refractivity contribution in [1.29, 1.82) is 0 Å². The first kappa shape index (κ1) is 12.0. The van der Waals surface area contributed by atoms with Gasteiger partial charge in [-0.25, -0.2) is 9.78 Å². The van der Waals surface area contributed by atoms with Crippen LogP contribution in [0.1, 0.15) is 23.3 Å². The number of carbonyl (C=O) groups is 3.